The van der Waals surface area contributed by atoms with Gasteiger partial charge in [0, 0.05) is 47.5 Å². The molecule has 1 aliphatic carbocycles. The van der Waals surface area contributed by atoms with Crippen molar-refractivity contribution in [3.8, 4) is 0 Å². The van der Waals surface area contributed by atoms with Crippen LogP contribution in [0.2, 0.25) is 0 Å². The zero-order valence-electron chi connectivity index (χ0n) is 31.9. The number of fused-ring (bicyclic) bond motifs is 6. The largest absolute Gasteiger partial charge is 0.344 e. The molecule has 2 aliphatic heterocycles. The normalized spacial score (nSPS) is 19.2. The molecule has 4 aromatic carbocycles. The van der Waals surface area contributed by atoms with E-state index in [1.165, 1.54) is 98.7 Å². The summed E-state index contributed by atoms with van der Waals surface area (Å²) >= 11 is 0. The van der Waals surface area contributed by atoms with Crippen LogP contribution >= 0.6 is 0 Å². The first-order valence-electron chi connectivity index (χ1n) is 19.3. The van der Waals surface area contributed by atoms with E-state index in [1.807, 2.05) is 6.79 Å². The van der Waals surface area contributed by atoms with Crippen LogP contribution in [0.5, 0.6) is 0 Å². The van der Waals surface area contributed by atoms with Gasteiger partial charge in [-0.1, -0.05) is 120 Å². The van der Waals surface area contributed by atoms with Crippen molar-refractivity contribution in [2.24, 2.45) is 0 Å². The van der Waals surface area contributed by atoms with Crippen molar-refractivity contribution >= 4 is 45.4 Å². The molecular weight excluding hydrogens is 621 g/mol. The molecule has 0 saturated carbocycles. The molecule has 2 heterocycles. The van der Waals surface area contributed by atoms with Crippen LogP contribution in [0.1, 0.15) is 104 Å². The molecule has 3 aliphatic rings. The molecule has 0 bridgehead atoms. The van der Waals surface area contributed by atoms with Gasteiger partial charge in [0.1, 0.15) is 13.3 Å². The third-order valence-electron chi connectivity index (χ3n) is 11.4. The number of benzene rings is 4. The van der Waals surface area contributed by atoms with Crippen molar-refractivity contribution in [1.82, 2.24) is 0 Å². The highest BCUT2D eigenvalue weighted by Crippen LogP contribution is 2.51. The van der Waals surface area contributed by atoms with E-state index in [0.29, 0.717) is 0 Å². The van der Waals surface area contributed by atoms with Gasteiger partial charge >= 0.3 is 0 Å². The maximum atomic E-state index is 8.00. The number of hydrogen-bond acceptors (Lipinski definition) is 2. The molecule has 0 aromatic heterocycles. The number of nitrogens with zero attached hydrogens (tertiary/aromatic N) is 2. The maximum Gasteiger partial charge on any atom is 0.210 e. The van der Waals surface area contributed by atoms with Crippen LogP contribution in [-0.2, 0) is 15.6 Å². The number of anilines is 1. The summed E-state index contributed by atoms with van der Waals surface area (Å²) in [7, 11) is 0. The summed E-state index contributed by atoms with van der Waals surface area (Å²) in [5.41, 5.74) is 11.3. The first-order valence-corrected chi connectivity index (χ1v) is 19.3. The van der Waals surface area contributed by atoms with Gasteiger partial charge in [0.05, 0.1) is 5.41 Å². The van der Waals surface area contributed by atoms with Gasteiger partial charge < -0.3 is 9.69 Å². The third-order valence-corrected chi connectivity index (χ3v) is 11.4. The minimum Gasteiger partial charge on any atom is -0.344 e. The number of rotatable bonds is 10. The van der Waals surface area contributed by atoms with E-state index in [1.54, 1.807) is 0 Å². The minimum absolute atomic E-state index is 0.0615. The molecule has 0 saturated heterocycles. The van der Waals surface area contributed by atoms with Gasteiger partial charge in [0.15, 0.2) is 5.71 Å². The Morgan fingerprint density at radius 3 is 2.12 bits per heavy atom. The summed E-state index contributed by atoms with van der Waals surface area (Å²) in [6.07, 6.45) is 21.9. The highest BCUT2D eigenvalue weighted by molar-refractivity contribution is 6.07. The zero-order chi connectivity index (χ0) is 36.2. The van der Waals surface area contributed by atoms with Gasteiger partial charge in [0.25, 0.3) is 0 Å². The number of allylic oxidation sites excluding steroid dienone is 8. The molecule has 0 amide bonds. The topological polar surface area (TPSA) is 23.3 Å². The third kappa shape index (κ3) is 6.80. The van der Waals surface area contributed by atoms with Crippen molar-refractivity contribution in [3.63, 3.8) is 0 Å². The molecule has 0 radical (unpaired) electrons. The van der Waals surface area contributed by atoms with Crippen molar-refractivity contribution in [2.75, 3.05) is 18.0 Å². The number of carbonyl (C=O) groups is 1. The Morgan fingerprint density at radius 2 is 1.41 bits per heavy atom. The minimum atomic E-state index is -0.0638. The van der Waals surface area contributed by atoms with Crippen LogP contribution in [0.15, 0.2) is 120 Å². The molecule has 3 heteroatoms. The van der Waals surface area contributed by atoms with Crippen LogP contribution in [-0.4, -0.2) is 30.2 Å². The molecule has 0 N–H and O–H groups in total. The second kappa shape index (κ2) is 15.4. The van der Waals surface area contributed by atoms with E-state index >= 15 is 0 Å². The van der Waals surface area contributed by atoms with E-state index in [2.05, 4.69) is 154 Å². The SMILES string of the molecule is C=O.CCCCCCN1/C(=C\C=C2C=C(/C=C/C3=[N+](CCC)c4ccc5ccccc5c4C3(C)C)CCC\2)C(C)(C)c2c1ccc1ccccc21. The molecule has 4 aromatic rings. The Hall–Kier alpha value is -4.50. The molecule has 7 rings (SSSR count). The predicted octanol–water partition coefficient (Wildman–Crippen LogP) is 12.4. The van der Waals surface area contributed by atoms with E-state index in [0.717, 1.165) is 32.4 Å². The average molecular weight is 678 g/mol. The van der Waals surface area contributed by atoms with Gasteiger partial charge in [-0.25, -0.2) is 0 Å². The molecule has 0 unspecified atom stereocenters. The van der Waals surface area contributed by atoms with Crippen LogP contribution in [0.3, 0.4) is 0 Å². The Balaban J connectivity index is 0.00000220. The van der Waals surface area contributed by atoms with Crippen molar-refractivity contribution < 1.29 is 9.37 Å². The van der Waals surface area contributed by atoms with Crippen molar-refractivity contribution in [1.29, 1.82) is 0 Å². The quantitative estimate of drug-likeness (QED) is 0.123. The predicted molar refractivity (Wildman–Crippen MR) is 220 cm³/mol. The lowest BCUT2D eigenvalue weighted by atomic mass is 9.79. The second-order valence-corrected chi connectivity index (χ2v) is 15.6. The van der Waals surface area contributed by atoms with Gasteiger partial charge in [-0.3, -0.25) is 0 Å². The smallest absolute Gasteiger partial charge is 0.210 e. The van der Waals surface area contributed by atoms with Gasteiger partial charge in [-0.15, -0.1) is 0 Å². The Morgan fingerprint density at radius 1 is 0.725 bits per heavy atom. The summed E-state index contributed by atoms with van der Waals surface area (Å²) in [5, 5.41) is 5.44. The fraction of sp³-hybridized carbons (Fsp3) is 0.375. The van der Waals surface area contributed by atoms with Gasteiger partial charge in [-0.2, -0.15) is 4.58 Å². The van der Waals surface area contributed by atoms with Crippen LogP contribution < -0.4 is 4.90 Å². The van der Waals surface area contributed by atoms with Gasteiger partial charge in [0.2, 0.25) is 5.69 Å². The Labute approximate surface area is 306 Å². The maximum absolute atomic E-state index is 8.00. The summed E-state index contributed by atoms with van der Waals surface area (Å²) in [6, 6.07) is 27.2. The average Bonchev–Trinajstić information content (AvgIpc) is 3.50. The Kier molecular flexibility index (Phi) is 11.0. The molecular formula is C48H57N2O+. The van der Waals surface area contributed by atoms with E-state index in [9.17, 15) is 0 Å². The van der Waals surface area contributed by atoms with E-state index in [4.69, 9.17) is 4.79 Å². The summed E-state index contributed by atoms with van der Waals surface area (Å²) in [6.45, 7) is 18.4. The van der Waals surface area contributed by atoms with Crippen LogP contribution in [0.4, 0.5) is 11.4 Å². The number of unbranched alkanes of at least 4 members (excludes halogenated alkanes) is 3. The standard InChI is InChI=1S/C47H55N2.CH2O/c1-7-9-10-15-32-49-41-28-26-37-20-12-14-22-39(37)45(41)47(5,6)43(49)30-24-35-18-16-17-34(33-35)23-29-42-46(3,4)44-38-21-13-11-19-36(38)25-27-40(44)48(42)31-8-2;1-2/h11-14,19-30,33H,7-10,15-18,31-32H2,1-6H3;1H2/q+1;. The van der Waals surface area contributed by atoms with Gasteiger partial charge in [-0.05, 0) is 96.0 Å². The molecule has 0 spiro atoms. The molecule has 264 valence electrons. The first-order chi connectivity index (χ1) is 24.8. The lowest BCUT2D eigenvalue weighted by Crippen LogP contribution is -2.28. The van der Waals surface area contributed by atoms with E-state index in [-0.39, 0.29) is 10.8 Å². The second-order valence-electron chi connectivity index (χ2n) is 15.6. The summed E-state index contributed by atoms with van der Waals surface area (Å²) in [5.74, 6) is 0. The fourth-order valence-corrected chi connectivity index (χ4v) is 8.99. The summed E-state index contributed by atoms with van der Waals surface area (Å²) in [4.78, 5) is 10.6. The molecule has 0 fully saturated rings. The monoisotopic (exact) mass is 677 g/mol. The zero-order valence-corrected chi connectivity index (χ0v) is 31.9. The fourth-order valence-electron chi connectivity index (χ4n) is 8.99. The lowest BCUT2D eigenvalue weighted by Gasteiger charge is -2.27. The number of hydrogen-bond donors (Lipinski definition) is 0. The number of carbonyl (C=O) groups excluding carboxylic acids is 1. The highest BCUT2D eigenvalue weighted by atomic mass is 16.1. The lowest BCUT2D eigenvalue weighted by molar-refractivity contribution is -0.437. The highest BCUT2D eigenvalue weighted by Gasteiger charge is 2.45. The Bertz CT molecular complexity index is 2070. The van der Waals surface area contributed by atoms with Crippen LogP contribution in [0, 0.1) is 0 Å². The molecule has 0 atom stereocenters. The van der Waals surface area contributed by atoms with E-state index < -0.39 is 0 Å². The van der Waals surface area contributed by atoms with Crippen molar-refractivity contribution in [2.45, 2.75) is 104 Å². The first kappa shape index (κ1) is 36.3. The molecule has 3 nitrogen and oxygen atoms in total. The van der Waals surface area contributed by atoms with Crippen LogP contribution in [0.25, 0.3) is 21.5 Å². The summed E-state index contributed by atoms with van der Waals surface area (Å²) < 4.78 is 2.58. The molecule has 51 heavy (non-hydrogen) atoms. The van der Waals surface area contributed by atoms with Crippen molar-refractivity contribution in [3.05, 3.63) is 131 Å².